The van der Waals surface area contributed by atoms with Crippen LogP contribution in [0.15, 0.2) is 36.5 Å². The summed E-state index contributed by atoms with van der Waals surface area (Å²) in [5.41, 5.74) is 2.25. The summed E-state index contributed by atoms with van der Waals surface area (Å²) < 4.78 is 24.8. The van der Waals surface area contributed by atoms with Gasteiger partial charge in [0.1, 0.15) is 18.0 Å². The maximum Gasteiger partial charge on any atom is 0.294 e. The number of nitrogens with zero attached hydrogens (tertiary/aromatic N) is 3. The van der Waals surface area contributed by atoms with Crippen LogP contribution in [0.5, 0.6) is 16.8 Å². The summed E-state index contributed by atoms with van der Waals surface area (Å²) in [5.74, 6) is 0.581. The van der Waals surface area contributed by atoms with E-state index in [2.05, 4.69) is 15.2 Å². The maximum atomic E-state index is 14.0. The first-order valence-electron chi connectivity index (χ1n) is 9.12. The molecule has 1 fully saturated rings. The van der Waals surface area contributed by atoms with Gasteiger partial charge >= 0.3 is 0 Å². The van der Waals surface area contributed by atoms with Crippen molar-refractivity contribution < 1.29 is 19.0 Å². The predicted octanol–water partition coefficient (Wildman–Crippen LogP) is 4.64. The Balaban J connectivity index is 1.54. The monoisotopic (exact) mass is 401 g/mol. The van der Waals surface area contributed by atoms with Crippen LogP contribution in [0.1, 0.15) is 25.7 Å². The van der Waals surface area contributed by atoms with Crippen molar-refractivity contribution in [1.29, 1.82) is 0 Å². The topological polar surface area (TPSA) is 77.4 Å². The van der Waals surface area contributed by atoms with Gasteiger partial charge in [-0.2, -0.15) is 0 Å². The summed E-state index contributed by atoms with van der Waals surface area (Å²) in [4.78, 5) is 4.08. The lowest BCUT2D eigenvalue weighted by molar-refractivity contribution is 0.0630. The van der Waals surface area contributed by atoms with E-state index in [0.29, 0.717) is 34.5 Å². The molecule has 2 heterocycles. The zero-order valence-corrected chi connectivity index (χ0v) is 16.2. The summed E-state index contributed by atoms with van der Waals surface area (Å²) in [6, 6.07) is 8.95. The number of aromatic hydroxyl groups is 1. The SMILES string of the molecule is COc1cc(-c2ccc(-c3nnc(O[C@H]4CCCC[C@H]4F)s3)c(O)c2)ccn1. The lowest BCUT2D eigenvalue weighted by Gasteiger charge is -2.24. The Kier molecular flexibility index (Phi) is 5.38. The molecule has 1 aliphatic carbocycles. The number of halogens is 1. The number of hydrogen-bond acceptors (Lipinski definition) is 7. The average Bonchev–Trinajstić information content (AvgIpc) is 3.18. The number of phenolic OH excluding ortho intramolecular Hbond substituents is 1. The van der Waals surface area contributed by atoms with Gasteiger partial charge in [-0.15, -0.1) is 5.10 Å². The van der Waals surface area contributed by atoms with Crippen LogP contribution in [0.2, 0.25) is 0 Å². The number of rotatable bonds is 5. The van der Waals surface area contributed by atoms with Crippen LogP contribution >= 0.6 is 11.3 Å². The molecule has 1 saturated carbocycles. The summed E-state index contributed by atoms with van der Waals surface area (Å²) in [5, 5.41) is 19.5. The number of hydrogen-bond donors (Lipinski definition) is 1. The van der Waals surface area contributed by atoms with E-state index in [4.69, 9.17) is 9.47 Å². The molecule has 0 saturated heterocycles. The van der Waals surface area contributed by atoms with Crippen LogP contribution in [-0.2, 0) is 0 Å². The van der Waals surface area contributed by atoms with Gasteiger partial charge in [0.25, 0.3) is 5.19 Å². The van der Waals surface area contributed by atoms with Crippen molar-refractivity contribution in [2.45, 2.75) is 38.0 Å². The smallest absolute Gasteiger partial charge is 0.294 e. The third kappa shape index (κ3) is 3.91. The highest BCUT2D eigenvalue weighted by molar-refractivity contribution is 7.16. The molecule has 2 atom stereocenters. The third-order valence-corrected chi connectivity index (χ3v) is 5.63. The van der Waals surface area contributed by atoms with Gasteiger partial charge in [-0.25, -0.2) is 9.37 Å². The molecule has 6 nitrogen and oxygen atoms in total. The van der Waals surface area contributed by atoms with Crippen LogP contribution in [0, 0.1) is 0 Å². The fourth-order valence-corrected chi connectivity index (χ4v) is 4.06. The Hall–Kier alpha value is -2.74. The highest BCUT2D eigenvalue weighted by Gasteiger charge is 2.27. The fourth-order valence-electron chi connectivity index (χ4n) is 3.27. The van der Waals surface area contributed by atoms with Gasteiger partial charge in [0.05, 0.1) is 12.7 Å². The van der Waals surface area contributed by atoms with E-state index in [0.717, 1.165) is 24.0 Å². The molecule has 0 radical (unpaired) electrons. The van der Waals surface area contributed by atoms with Gasteiger partial charge in [0.2, 0.25) is 5.88 Å². The van der Waals surface area contributed by atoms with Gasteiger partial charge in [0.15, 0.2) is 5.01 Å². The molecule has 1 aromatic carbocycles. The Morgan fingerprint density at radius 1 is 1.11 bits per heavy atom. The summed E-state index contributed by atoms with van der Waals surface area (Å²) in [6.45, 7) is 0. The van der Waals surface area contributed by atoms with Gasteiger partial charge in [-0.3, -0.25) is 0 Å². The van der Waals surface area contributed by atoms with Crippen molar-refractivity contribution in [2.24, 2.45) is 0 Å². The molecular weight excluding hydrogens is 381 g/mol. The molecule has 2 aromatic heterocycles. The van der Waals surface area contributed by atoms with Crippen LogP contribution in [0.4, 0.5) is 4.39 Å². The molecule has 4 rings (SSSR count). The first-order chi connectivity index (χ1) is 13.6. The van der Waals surface area contributed by atoms with Crippen molar-refractivity contribution >= 4 is 11.3 Å². The lowest BCUT2D eigenvalue weighted by atomic mass is 9.96. The zero-order chi connectivity index (χ0) is 19.5. The van der Waals surface area contributed by atoms with Crippen molar-refractivity contribution in [1.82, 2.24) is 15.2 Å². The maximum absolute atomic E-state index is 14.0. The van der Waals surface area contributed by atoms with Gasteiger partial charge in [-0.05, 0) is 48.6 Å². The molecule has 1 N–H and O–H groups in total. The number of pyridine rings is 1. The predicted molar refractivity (Wildman–Crippen MR) is 105 cm³/mol. The fraction of sp³-hybridized carbons (Fsp3) is 0.350. The van der Waals surface area contributed by atoms with Crippen LogP contribution in [0.3, 0.4) is 0 Å². The second-order valence-corrected chi connectivity index (χ2v) is 7.59. The zero-order valence-electron chi connectivity index (χ0n) is 15.3. The first kappa shape index (κ1) is 18.6. The van der Waals surface area contributed by atoms with Crippen molar-refractivity contribution in [3.63, 3.8) is 0 Å². The highest BCUT2D eigenvalue weighted by Crippen LogP contribution is 2.37. The normalized spacial score (nSPS) is 19.4. The van der Waals surface area contributed by atoms with Crippen molar-refractivity contribution in [3.05, 3.63) is 36.5 Å². The minimum Gasteiger partial charge on any atom is -0.507 e. The van der Waals surface area contributed by atoms with Crippen molar-refractivity contribution in [3.8, 4) is 38.5 Å². The molecule has 8 heteroatoms. The van der Waals surface area contributed by atoms with Crippen LogP contribution in [-0.4, -0.2) is 39.7 Å². The van der Waals surface area contributed by atoms with E-state index in [1.807, 2.05) is 12.1 Å². The van der Waals surface area contributed by atoms with Crippen LogP contribution in [0.25, 0.3) is 21.7 Å². The summed E-state index contributed by atoms with van der Waals surface area (Å²) in [6.07, 6.45) is 3.28. The Morgan fingerprint density at radius 3 is 2.71 bits per heavy atom. The lowest BCUT2D eigenvalue weighted by Crippen LogP contribution is -2.31. The van der Waals surface area contributed by atoms with E-state index < -0.39 is 12.3 Å². The molecule has 0 spiro atoms. The Labute approximate surface area is 166 Å². The minimum atomic E-state index is -0.967. The molecule has 28 heavy (non-hydrogen) atoms. The number of phenols is 1. The van der Waals surface area contributed by atoms with Gasteiger partial charge in [0, 0.05) is 12.3 Å². The van der Waals surface area contributed by atoms with E-state index in [-0.39, 0.29) is 5.75 Å². The molecule has 0 amide bonds. The number of aromatic nitrogens is 3. The minimum absolute atomic E-state index is 0.0806. The largest absolute Gasteiger partial charge is 0.507 e. The standard InChI is InChI=1S/C20H20FN3O3S/c1-26-18-11-13(8-9-22-18)12-6-7-14(16(25)10-12)19-23-24-20(28-19)27-17-5-3-2-4-15(17)21/h6-11,15,17,25H,2-5H2,1H3/t15-,17+/m1/s1. The highest BCUT2D eigenvalue weighted by atomic mass is 32.1. The number of ether oxygens (including phenoxy) is 2. The van der Waals surface area contributed by atoms with Crippen molar-refractivity contribution in [2.75, 3.05) is 7.11 Å². The van der Waals surface area contributed by atoms with Gasteiger partial charge < -0.3 is 14.6 Å². The molecule has 0 bridgehead atoms. The molecular formula is C20H20FN3O3S. The Bertz CT molecular complexity index is 965. The first-order valence-corrected chi connectivity index (χ1v) is 9.94. The third-order valence-electron chi connectivity index (χ3n) is 4.79. The van der Waals surface area contributed by atoms with Crippen LogP contribution < -0.4 is 9.47 Å². The van der Waals surface area contributed by atoms with E-state index in [9.17, 15) is 9.50 Å². The Morgan fingerprint density at radius 2 is 1.93 bits per heavy atom. The number of benzene rings is 1. The number of alkyl halides is 1. The summed E-state index contributed by atoms with van der Waals surface area (Å²) in [7, 11) is 1.56. The van der Waals surface area contributed by atoms with E-state index in [1.54, 1.807) is 31.5 Å². The second-order valence-electron chi connectivity index (χ2n) is 6.65. The van der Waals surface area contributed by atoms with E-state index >= 15 is 0 Å². The molecule has 0 aliphatic heterocycles. The van der Waals surface area contributed by atoms with E-state index in [1.165, 1.54) is 11.3 Å². The second kappa shape index (κ2) is 8.10. The average molecular weight is 401 g/mol. The quantitative estimate of drug-likeness (QED) is 0.671. The summed E-state index contributed by atoms with van der Waals surface area (Å²) >= 11 is 1.20. The van der Waals surface area contributed by atoms with Gasteiger partial charge in [-0.1, -0.05) is 28.9 Å². The number of methoxy groups -OCH3 is 1. The molecule has 0 unspecified atom stereocenters. The molecule has 1 aliphatic rings. The molecule has 146 valence electrons. The molecule has 3 aromatic rings.